The Kier molecular flexibility index (Phi) is 19.7. The van der Waals surface area contributed by atoms with Crippen molar-refractivity contribution in [1.29, 1.82) is 0 Å². The zero-order valence-electron chi connectivity index (χ0n) is 26.2. The Balaban J connectivity index is 1.48. The molecule has 4 atom stereocenters. The highest BCUT2D eigenvalue weighted by molar-refractivity contribution is 8.15. The molecule has 30 heteroatoms. The second-order valence-corrected chi connectivity index (χ2v) is 30.8. The molecule has 49 heavy (non-hydrogen) atoms. The summed E-state index contributed by atoms with van der Waals surface area (Å²) in [6.45, 7) is -1.71. The summed E-state index contributed by atoms with van der Waals surface area (Å²) in [6.07, 6.45) is 0.444. The smallest absolute Gasteiger partial charge is 0.300 e. The van der Waals surface area contributed by atoms with Gasteiger partial charge in [-0.2, -0.15) is 27.1 Å². The first-order valence-electron chi connectivity index (χ1n) is 14.9. The minimum Gasteiger partial charge on any atom is -0.377 e. The van der Waals surface area contributed by atoms with E-state index in [9.17, 15) is 0 Å². The van der Waals surface area contributed by atoms with Crippen LogP contribution in [0.3, 0.4) is 0 Å². The third kappa shape index (κ3) is 16.7. The van der Waals surface area contributed by atoms with Gasteiger partial charge in [0.15, 0.2) is 0 Å². The van der Waals surface area contributed by atoms with Gasteiger partial charge in [0.25, 0.3) is 27.0 Å². The molecule has 4 aliphatic heterocycles. The maximum atomic E-state index is 6.78. The van der Waals surface area contributed by atoms with E-state index in [-0.39, 0.29) is 52.9 Å². The minimum atomic E-state index is -3.37. The van der Waals surface area contributed by atoms with Gasteiger partial charge in [-0.25, -0.2) is 10.2 Å². The summed E-state index contributed by atoms with van der Waals surface area (Å²) < 4.78 is 84.2. The molecule has 0 aliphatic carbocycles. The monoisotopic (exact) mass is 936 g/mol. The molecule has 18 nitrogen and oxygen atoms in total. The van der Waals surface area contributed by atoms with Crippen LogP contribution in [0.4, 0.5) is 0 Å². The fourth-order valence-corrected chi connectivity index (χ4v) is 30.2. The highest BCUT2D eigenvalue weighted by atomic mass is 35.9. The second-order valence-electron chi connectivity index (χ2n) is 9.66. The van der Waals surface area contributed by atoms with E-state index in [0.29, 0.717) is 72.4 Å². The lowest BCUT2D eigenvalue weighted by Gasteiger charge is -2.30. The Hall–Kier alpha value is 2.64. The zero-order chi connectivity index (χ0) is 35.2. The molecule has 0 saturated carbocycles. The third-order valence-electron chi connectivity index (χ3n) is 5.80. The molecule has 0 spiro atoms. The van der Waals surface area contributed by atoms with Crippen LogP contribution in [0.25, 0.3) is 0 Å². The fourth-order valence-electron chi connectivity index (χ4n) is 3.88. The summed E-state index contributed by atoms with van der Waals surface area (Å²) in [5.74, 6) is -6.66. The summed E-state index contributed by atoms with van der Waals surface area (Å²) in [7, 11) is -6.57. The predicted molar refractivity (Wildman–Crippen MR) is 201 cm³/mol. The molecular formula is C19H40Cl6N8O10P6. The van der Waals surface area contributed by atoms with Crippen molar-refractivity contribution in [2.24, 2.45) is 27.1 Å². The highest BCUT2D eigenvalue weighted by Gasteiger charge is 2.38. The molecule has 4 bridgehead atoms. The normalized spacial score (nSPS) is 35.9. The molecular weight excluding hydrogens is 899 g/mol. The number of hydrogen-bond acceptors (Lipinski definition) is 18. The maximum absolute atomic E-state index is 6.78. The molecule has 0 fully saturated rings. The van der Waals surface area contributed by atoms with Gasteiger partial charge in [-0.05, 0) is 73.9 Å². The van der Waals surface area contributed by atoms with Gasteiger partial charge in [0, 0.05) is 13.1 Å². The molecule has 0 saturated heterocycles. The number of rotatable bonds is 6. The van der Waals surface area contributed by atoms with Gasteiger partial charge in [0.2, 0.25) is 0 Å². The van der Waals surface area contributed by atoms with E-state index in [1.807, 2.05) is 0 Å². The molecule has 2 N–H and O–H groups in total. The summed E-state index contributed by atoms with van der Waals surface area (Å²) >= 11 is 39.8. The fraction of sp³-hybridized carbons (Fsp3) is 1.00. The Morgan fingerprint density at radius 2 is 0.653 bits per heavy atom. The van der Waals surface area contributed by atoms with Gasteiger partial charge < -0.3 is 46.5 Å². The van der Waals surface area contributed by atoms with Crippen molar-refractivity contribution in [3.05, 3.63) is 0 Å². The van der Waals surface area contributed by atoms with Gasteiger partial charge in [0.05, 0.1) is 106 Å². The van der Waals surface area contributed by atoms with E-state index in [1.165, 1.54) is 0 Å². The first-order valence-corrected chi connectivity index (χ1v) is 30.2. The Morgan fingerprint density at radius 3 is 0.980 bits per heavy atom. The lowest BCUT2D eigenvalue weighted by atomic mass is 10.4. The van der Waals surface area contributed by atoms with Crippen molar-refractivity contribution in [2.45, 2.75) is 6.42 Å². The van der Waals surface area contributed by atoms with E-state index in [2.05, 4.69) is 37.3 Å². The van der Waals surface area contributed by atoms with Gasteiger partial charge in [-0.1, -0.05) is 0 Å². The number of fused-ring (bicyclic) bond motifs is 2. The lowest BCUT2D eigenvalue weighted by Crippen LogP contribution is -2.21. The zero-order valence-corrected chi connectivity index (χ0v) is 36.1. The van der Waals surface area contributed by atoms with Crippen LogP contribution < -0.4 is 10.2 Å². The van der Waals surface area contributed by atoms with Crippen LogP contribution in [0.5, 0.6) is 0 Å². The van der Waals surface area contributed by atoms with Gasteiger partial charge in [-0.15, -0.1) is 0 Å². The molecule has 288 valence electrons. The average Bonchev–Trinajstić information content (AvgIpc) is 2.99. The van der Waals surface area contributed by atoms with Crippen molar-refractivity contribution in [3.63, 3.8) is 0 Å². The number of nitrogens with one attached hydrogen (secondary N) is 2. The third-order valence-corrected chi connectivity index (χ3v) is 27.9. The molecule has 4 unspecified atom stereocenters. The average molecular weight is 939 g/mol. The van der Waals surface area contributed by atoms with E-state index in [0.717, 1.165) is 0 Å². The Labute approximate surface area is 315 Å². The van der Waals surface area contributed by atoms with Gasteiger partial charge >= 0.3 is 13.6 Å². The van der Waals surface area contributed by atoms with E-state index in [1.54, 1.807) is 0 Å². The molecule has 0 aromatic carbocycles. The Bertz CT molecular complexity index is 1320. The summed E-state index contributed by atoms with van der Waals surface area (Å²) in [6, 6.07) is 0. The summed E-state index contributed by atoms with van der Waals surface area (Å²) in [4.78, 5) is 0. The van der Waals surface area contributed by atoms with Crippen molar-refractivity contribution in [1.82, 2.24) is 10.2 Å². The van der Waals surface area contributed by atoms with Gasteiger partial charge in [-0.3, -0.25) is 0 Å². The molecule has 4 aliphatic rings. The molecule has 0 radical (unpaired) electrons. The van der Waals surface area contributed by atoms with E-state index >= 15 is 0 Å². The first kappa shape index (κ1) is 44.4. The lowest BCUT2D eigenvalue weighted by molar-refractivity contribution is 0.00553. The topological polar surface area (TPSA) is 191 Å². The number of hydrogen-bond donors (Lipinski definition) is 2. The largest absolute Gasteiger partial charge is 0.377 e. The van der Waals surface area contributed by atoms with Crippen LogP contribution in [0, 0.1) is 0 Å². The second kappa shape index (κ2) is 21.8. The molecule has 4 heterocycles. The quantitative estimate of drug-likeness (QED) is 0.190. The van der Waals surface area contributed by atoms with Crippen LogP contribution >= 0.6 is 108 Å². The van der Waals surface area contributed by atoms with Crippen LogP contribution in [0.15, 0.2) is 27.1 Å². The van der Waals surface area contributed by atoms with E-state index in [4.69, 9.17) is 114 Å². The minimum absolute atomic E-state index is 0.0989. The Morgan fingerprint density at radius 1 is 0.367 bits per heavy atom. The molecule has 0 aromatic rings. The van der Waals surface area contributed by atoms with Crippen molar-refractivity contribution < 1.29 is 46.5 Å². The standard InChI is InChI=1S/C19H40Cl6N8O10P6/c20-44(21)28-46(24)32-48(30-44,42-18-14-38-10-6-34-4-8-36-12-16-40-46)26-2-1-3-27-49-31-45(22,23)29-47(25,33-49)41-17-13-37-9-5-35-7-11-39-15-19-43-49/h26-27H,1-19H2. The maximum Gasteiger partial charge on any atom is 0.300 e. The summed E-state index contributed by atoms with van der Waals surface area (Å²) in [5.41, 5.74) is 0. The van der Waals surface area contributed by atoms with Gasteiger partial charge in [0.1, 0.15) is 0 Å². The number of nitrogens with zero attached hydrogens (tertiary/aromatic N) is 6. The highest BCUT2D eigenvalue weighted by Crippen LogP contribution is 2.84. The van der Waals surface area contributed by atoms with Crippen LogP contribution in [-0.4, -0.2) is 119 Å². The van der Waals surface area contributed by atoms with E-state index < -0.39 is 40.6 Å². The van der Waals surface area contributed by atoms with Crippen molar-refractivity contribution in [3.8, 4) is 0 Å². The molecule has 4 rings (SSSR count). The van der Waals surface area contributed by atoms with Crippen molar-refractivity contribution in [2.75, 3.05) is 119 Å². The molecule has 0 amide bonds. The van der Waals surface area contributed by atoms with Crippen molar-refractivity contribution >= 4 is 108 Å². The van der Waals surface area contributed by atoms with Crippen LogP contribution in [-0.2, 0) is 46.5 Å². The number of halogens is 6. The predicted octanol–water partition coefficient (Wildman–Crippen LogP) is 9.89. The van der Waals surface area contributed by atoms with Crippen LogP contribution in [0.2, 0.25) is 0 Å². The van der Waals surface area contributed by atoms with Crippen LogP contribution in [0.1, 0.15) is 6.42 Å². The SMILES string of the molecule is ClP1(Cl)=NP2(Cl)=NP(NCCCNP34=NP(Cl)(Cl)=NP(Cl)(=N3)OCCOCCOCCOCCO4)(=N1)OCCOCCOCCOCCO2. The molecule has 0 aromatic heterocycles. The first-order chi connectivity index (χ1) is 23.4. The summed E-state index contributed by atoms with van der Waals surface area (Å²) in [5, 5.41) is 6.53. The number of ether oxygens (including phenoxy) is 6.